The average Bonchev–Trinajstić information content (AvgIpc) is 3.13. The van der Waals surface area contributed by atoms with E-state index in [-0.39, 0.29) is 12.5 Å². The fourth-order valence-corrected chi connectivity index (χ4v) is 6.30. The van der Waals surface area contributed by atoms with Crippen molar-refractivity contribution < 1.29 is 23.6 Å². The second-order valence-electron chi connectivity index (χ2n) is 7.70. The van der Waals surface area contributed by atoms with Crippen LogP contribution < -0.4 is 0 Å². The zero-order valence-electron chi connectivity index (χ0n) is 15.3. The third-order valence-electron chi connectivity index (χ3n) is 5.72. The van der Waals surface area contributed by atoms with E-state index < -0.39 is 20.9 Å². The van der Waals surface area contributed by atoms with Gasteiger partial charge >= 0.3 is 0 Å². The van der Waals surface area contributed by atoms with Gasteiger partial charge in [-0.1, -0.05) is 18.2 Å². The number of benzene rings is 1. The van der Waals surface area contributed by atoms with Gasteiger partial charge in [0.2, 0.25) is 0 Å². The van der Waals surface area contributed by atoms with E-state index in [0.717, 1.165) is 5.69 Å². The van der Waals surface area contributed by atoms with E-state index >= 15 is 0 Å². The van der Waals surface area contributed by atoms with Crippen molar-refractivity contribution in [1.29, 1.82) is 0 Å². The van der Waals surface area contributed by atoms with Gasteiger partial charge in [-0.25, -0.2) is 4.21 Å². The molecule has 3 saturated heterocycles. The summed E-state index contributed by atoms with van der Waals surface area (Å²) in [7, 11) is -2.31. The highest BCUT2D eigenvalue weighted by atomic mass is 32.2. The Morgan fingerprint density at radius 1 is 1.15 bits per heavy atom. The van der Waals surface area contributed by atoms with Crippen LogP contribution in [0.2, 0.25) is 0 Å². The molecule has 3 fully saturated rings. The van der Waals surface area contributed by atoms with Crippen molar-refractivity contribution in [3.05, 3.63) is 30.3 Å². The standard InChI is InChI=1S/C19H26N2O5S/c22-17(19(23)6-10-25-15-19)21-9-11-26-18(14-21)7-12-27(24,13-8-18)20-16-4-2-1-3-5-16/h1-5,23H,6-15H2. The molecule has 0 bridgehead atoms. The minimum atomic E-state index is -2.31. The average molecular weight is 394 g/mol. The van der Waals surface area contributed by atoms with Gasteiger partial charge in [0.1, 0.15) is 0 Å². The van der Waals surface area contributed by atoms with Crippen molar-refractivity contribution in [2.75, 3.05) is 44.4 Å². The summed E-state index contributed by atoms with van der Waals surface area (Å²) in [5, 5.41) is 10.5. The Labute approximate surface area is 159 Å². The van der Waals surface area contributed by atoms with Crippen LogP contribution in [0.25, 0.3) is 0 Å². The van der Waals surface area contributed by atoms with Crippen molar-refractivity contribution in [2.24, 2.45) is 4.36 Å². The molecule has 1 spiro atoms. The lowest BCUT2D eigenvalue weighted by atomic mass is 9.92. The molecule has 3 heterocycles. The van der Waals surface area contributed by atoms with Gasteiger partial charge in [-0.15, -0.1) is 0 Å². The molecule has 4 rings (SSSR count). The van der Waals surface area contributed by atoms with Crippen molar-refractivity contribution in [1.82, 2.24) is 4.90 Å². The number of amides is 1. The molecule has 1 atom stereocenters. The van der Waals surface area contributed by atoms with Crippen LogP contribution in [0.4, 0.5) is 5.69 Å². The van der Waals surface area contributed by atoms with Gasteiger partial charge in [-0.2, -0.15) is 4.36 Å². The molecule has 0 aliphatic carbocycles. The molecule has 8 heteroatoms. The van der Waals surface area contributed by atoms with Crippen LogP contribution in [0.5, 0.6) is 0 Å². The Bertz CT molecular complexity index is 799. The van der Waals surface area contributed by atoms with Crippen LogP contribution in [0, 0.1) is 0 Å². The van der Waals surface area contributed by atoms with Crippen molar-refractivity contribution in [3.8, 4) is 0 Å². The topological polar surface area (TPSA) is 88.4 Å². The third-order valence-corrected chi connectivity index (χ3v) is 7.94. The van der Waals surface area contributed by atoms with Crippen LogP contribution >= 0.6 is 0 Å². The number of carbonyl (C=O) groups excluding carboxylic acids is 1. The van der Waals surface area contributed by atoms with Crippen LogP contribution in [0.1, 0.15) is 19.3 Å². The van der Waals surface area contributed by atoms with E-state index in [9.17, 15) is 14.1 Å². The van der Waals surface area contributed by atoms with Gasteiger partial charge in [0.25, 0.3) is 5.91 Å². The van der Waals surface area contributed by atoms with Crippen LogP contribution in [-0.2, 0) is 24.0 Å². The van der Waals surface area contributed by atoms with Crippen molar-refractivity contribution in [3.63, 3.8) is 0 Å². The van der Waals surface area contributed by atoms with Gasteiger partial charge in [-0.3, -0.25) is 4.79 Å². The Hall–Kier alpha value is -1.48. The van der Waals surface area contributed by atoms with E-state index in [1.165, 1.54) is 0 Å². The minimum Gasteiger partial charge on any atom is -0.378 e. The lowest BCUT2D eigenvalue weighted by Gasteiger charge is -2.46. The number of aliphatic hydroxyl groups is 1. The normalized spacial score (nSPS) is 36.7. The summed E-state index contributed by atoms with van der Waals surface area (Å²) in [6.07, 6.45) is 1.53. The van der Waals surface area contributed by atoms with Gasteiger partial charge in [0.15, 0.2) is 5.60 Å². The SMILES string of the molecule is O=C(N1CCOC2(CCS(=O)(=Nc3ccccc3)CC2)C1)C1(O)CCOC1. The Balaban J connectivity index is 1.45. The number of hydrogen-bond donors (Lipinski definition) is 1. The first kappa shape index (κ1) is 18.9. The maximum Gasteiger partial charge on any atom is 0.257 e. The third kappa shape index (κ3) is 3.89. The van der Waals surface area contributed by atoms with Gasteiger partial charge < -0.3 is 19.5 Å². The molecular formula is C19H26N2O5S. The first-order valence-electron chi connectivity index (χ1n) is 9.43. The summed E-state index contributed by atoms with van der Waals surface area (Å²) in [4.78, 5) is 14.5. The lowest BCUT2D eigenvalue weighted by molar-refractivity contribution is -0.168. The summed E-state index contributed by atoms with van der Waals surface area (Å²) in [6, 6.07) is 9.40. The minimum absolute atomic E-state index is 0.0555. The summed E-state index contributed by atoms with van der Waals surface area (Å²) in [6.45, 7) is 1.78. The number of morpholine rings is 1. The fraction of sp³-hybridized carbons (Fsp3) is 0.632. The molecule has 7 nitrogen and oxygen atoms in total. The summed E-state index contributed by atoms with van der Waals surface area (Å²) >= 11 is 0. The summed E-state index contributed by atoms with van der Waals surface area (Å²) < 4.78 is 28.9. The Morgan fingerprint density at radius 3 is 2.56 bits per heavy atom. The molecule has 1 aromatic rings. The van der Waals surface area contributed by atoms with Gasteiger partial charge in [0.05, 0.1) is 40.8 Å². The molecule has 3 aliphatic rings. The number of carbonyl (C=O) groups is 1. The van der Waals surface area contributed by atoms with Gasteiger partial charge in [-0.05, 0) is 25.0 Å². The van der Waals surface area contributed by atoms with Crippen LogP contribution in [-0.4, -0.2) is 75.7 Å². The highest BCUT2D eigenvalue weighted by Crippen LogP contribution is 2.34. The van der Waals surface area contributed by atoms with E-state index in [1.54, 1.807) is 4.90 Å². The predicted octanol–water partition coefficient (Wildman–Crippen LogP) is 1.33. The summed E-state index contributed by atoms with van der Waals surface area (Å²) in [5.41, 5.74) is -1.16. The molecule has 148 valence electrons. The highest BCUT2D eigenvalue weighted by Gasteiger charge is 2.48. The molecule has 1 aromatic carbocycles. The lowest BCUT2D eigenvalue weighted by Crippen LogP contribution is -2.60. The Morgan fingerprint density at radius 2 is 1.89 bits per heavy atom. The number of nitrogens with zero attached hydrogens (tertiary/aromatic N) is 2. The molecule has 27 heavy (non-hydrogen) atoms. The molecule has 0 saturated carbocycles. The monoisotopic (exact) mass is 394 g/mol. The second-order valence-corrected chi connectivity index (χ2v) is 10.2. The Kier molecular flexibility index (Phi) is 5.00. The zero-order valence-corrected chi connectivity index (χ0v) is 16.2. The van der Waals surface area contributed by atoms with Crippen molar-refractivity contribution in [2.45, 2.75) is 30.5 Å². The van der Waals surface area contributed by atoms with E-state index in [2.05, 4.69) is 4.36 Å². The maximum absolute atomic E-state index is 13.1. The molecule has 1 unspecified atom stereocenters. The number of ether oxygens (including phenoxy) is 2. The predicted molar refractivity (Wildman–Crippen MR) is 101 cm³/mol. The molecule has 0 radical (unpaired) electrons. The quantitative estimate of drug-likeness (QED) is 0.818. The molecule has 1 amide bonds. The molecule has 3 aliphatic heterocycles. The first-order chi connectivity index (χ1) is 12.9. The molecule has 1 N–H and O–H groups in total. The van der Waals surface area contributed by atoms with E-state index in [4.69, 9.17) is 9.47 Å². The fourth-order valence-electron chi connectivity index (χ4n) is 4.03. The first-order valence-corrected chi connectivity index (χ1v) is 11.3. The molecular weight excluding hydrogens is 368 g/mol. The van der Waals surface area contributed by atoms with Crippen LogP contribution in [0.3, 0.4) is 0 Å². The highest BCUT2D eigenvalue weighted by molar-refractivity contribution is 7.93. The van der Waals surface area contributed by atoms with E-state index in [1.807, 2.05) is 30.3 Å². The smallest absolute Gasteiger partial charge is 0.257 e. The number of rotatable bonds is 2. The van der Waals surface area contributed by atoms with Crippen molar-refractivity contribution >= 4 is 21.3 Å². The second kappa shape index (κ2) is 7.16. The zero-order chi connectivity index (χ0) is 19.0. The summed E-state index contributed by atoms with van der Waals surface area (Å²) in [5.74, 6) is 0.636. The van der Waals surface area contributed by atoms with Gasteiger partial charge in [0, 0.05) is 31.0 Å². The van der Waals surface area contributed by atoms with Crippen LogP contribution in [0.15, 0.2) is 34.7 Å². The maximum atomic E-state index is 13.1. The largest absolute Gasteiger partial charge is 0.378 e. The van der Waals surface area contributed by atoms with E-state index in [0.29, 0.717) is 57.1 Å². The number of hydrogen-bond acceptors (Lipinski definition) is 6. The molecule has 0 aromatic heterocycles.